The van der Waals surface area contributed by atoms with Gasteiger partial charge in [0.05, 0.1) is 36.6 Å². The molecule has 0 aromatic carbocycles. The number of carbonyl (C=O) groups excluding carboxylic acids is 2. The minimum Gasteiger partial charge on any atom is -0.543 e. The van der Waals surface area contributed by atoms with Gasteiger partial charge in [-0.05, 0) is 19.3 Å². The normalized spacial score (nSPS) is 28.9. The van der Waals surface area contributed by atoms with Crippen LogP contribution in [0.5, 0.6) is 0 Å². The van der Waals surface area contributed by atoms with Crippen molar-refractivity contribution in [3.63, 3.8) is 0 Å². The summed E-state index contributed by atoms with van der Waals surface area (Å²) in [5, 5.41) is 11.6. The molecule has 2 saturated heterocycles. The van der Waals surface area contributed by atoms with Gasteiger partial charge in [-0.15, -0.1) is 11.8 Å². The van der Waals surface area contributed by atoms with Crippen LogP contribution >= 0.6 is 11.8 Å². The molecule has 0 aliphatic carbocycles. The molecule has 3 aliphatic heterocycles. The SMILES string of the molecule is CC(N)[N+]1(CC2=C(C(=O)[O-])N3C(=O)CC3SC2)CCCCC1. The van der Waals surface area contributed by atoms with E-state index in [1.54, 1.807) is 11.8 Å². The number of piperidine rings is 1. The molecule has 0 spiro atoms. The maximum atomic E-state index is 11.8. The van der Waals surface area contributed by atoms with E-state index < -0.39 is 5.97 Å². The first-order chi connectivity index (χ1) is 10.4. The summed E-state index contributed by atoms with van der Waals surface area (Å²) >= 11 is 1.65. The van der Waals surface area contributed by atoms with Crippen LogP contribution in [0.4, 0.5) is 0 Å². The van der Waals surface area contributed by atoms with Crippen molar-refractivity contribution >= 4 is 23.6 Å². The van der Waals surface area contributed by atoms with Crippen molar-refractivity contribution < 1.29 is 19.2 Å². The van der Waals surface area contributed by atoms with Gasteiger partial charge in [-0.25, -0.2) is 0 Å². The van der Waals surface area contributed by atoms with Gasteiger partial charge in [0.15, 0.2) is 0 Å². The highest BCUT2D eigenvalue weighted by molar-refractivity contribution is 8.00. The number of carboxylic acid groups (broad SMARTS) is 1. The lowest BCUT2D eigenvalue weighted by atomic mass is 10.0. The predicted molar refractivity (Wildman–Crippen MR) is 82.1 cm³/mol. The molecule has 3 aliphatic rings. The van der Waals surface area contributed by atoms with Gasteiger partial charge in [0, 0.05) is 18.2 Å². The quantitative estimate of drug-likeness (QED) is 0.561. The Labute approximate surface area is 134 Å². The molecule has 0 aromatic heterocycles. The Kier molecular flexibility index (Phi) is 4.22. The Morgan fingerprint density at radius 3 is 2.68 bits per heavy atom. The zero-order valence-electron chi connectivity index (χ0n) is 12.9. The average molecular weight is 325 g/mol. The first kappa shape index (κ1) is 15.8. The number of hydrogen-bond acceptors (Lipinski definition) is 5. The Morgan fingerprint density at radius 1 is 1.45 bits per heavy atom. The summed E-state index contributed by atoms with van der Waals surface area (Å²) in [6.45, 7) is 4.57. The summed E-state index contributed by atoms with van der Waals surface area (Å²) in [4.78, 5) is 24.8. The van der Waals surface area contributed by atoms with E-state index in [9.17, 15) is 14.7 Å². The molecule has 0 bridgehead atoms. The molecule has 6 nitrogen and oxygen atoms in total. The number of quaternary nitrogens is 1. The highest BCUT2D eigenvalue weighted by Crippen LogP contribution is 2.40. The Hall–Kier alpha value is -1.05. The largest absolute Gasteiger partial charge is 0.543 e. The first-order valence-corrected chi connectivity index (χ1v) is 8.98. The third kappa shape index (κ3) is 2.55. The van der Waals surface area contributed by atoms with Crippen molar-refractivity contribution in [3.05, 3.63) is 11.3 Å². The molecular weight excluding hydrogens is 302 g/mol. The molecular formula is C15H23N3O3S. The zero-order valence-corrected chi connectivity index (χ0v) is 13.7. The number of nitrogens with zero attached hydrogens (tertiary/aromatic N) is 2. The average Bonchev–Trinajstić information content (AvgIpc) is 2.47. The Morgan fingerprint density at radius 2 is 2.14 bits per heavy atom. The summed E-state index contributed by atoms with van der Waals surface area (Å²) in [6, 6.07) is 0. The minimum atomic E-state index is -1.23. The van der Waals surface area contributed by atoms with Crippen LogP contribution in [0.25, 0.3) is 0 Å². The van der Waals surface area contributed by atoms with E-state index in [4.69, 9.17) is 5.73 Å². The van der Waals surface area contributed by atoms with E-state index in [1.165, 1.54) is 11.3 Å². The number of thioether (sulfide) groups is 1. The van der Waals surface area contributed by atoms with Crippen LogP contribution in [-0.2, 0) is 9.59 Å². The third-order valence-electron chi connectivity index (χ3n) is 5.20. The molecule has 0 radical (unpaired) electrons. The summed E-state index contributed by atoms with van der Waals surface area (Å²) in [5.74, 6) is -0.683. The van der Waals surface area contributed by atoms with Gasteiger partial charge in [0.25, 0.3) is 0 Å². The number of carboxylic acids is 1. The standard InChI is InChI=1S/C15H23N3O3S/c1-10(16)18(5-3-2-4-6-18)8-11-9-22-13-7-12(19)17(13)14(11)15(20)21/h10,13H,2-9,16H2,1H3. The highest BCUT2D eigenvalue weighted by atomic mass is 32.2. The van der Waals surface area contributed by atoms with Crippen LogP contribution in [0, 0.1) is 0 Å². The third-order valence-corrected chi connectivity index (χ3v) is 6.48. The number of amides is 1. The van der Waals surface area contributed by atoms with Crippen molar-refractivity contribution in [3.8, 4) is 0 Å². The van der Waals surface area contributed by atoms with Gasteiger partial charge in [-0.1, -0.05) is 0 Å². The van der Waals surface area contributed by atoms with Gasteiger partial charge in [-0.2, -0.15) is 0 Å². The van der Waals surface area contributed by atoms with Crippen molar-refractivity contribution in [2.24, 2.45) is 5.73 Å². The number of hydrogen-bond donors (Lipinski definition) is 1. The minimum absolute atomic E-state index is 0.0192. The number of likely N-dealkylation sites (tertiary alicyclic amines) is 1. The van der Waals surface area contributed by atoms with Crippen LogP contribution in [0.1, 0.15) is 32.6 Å². The lowest BCUT2D eigenvalue weighted by Crippen LogP contribution is -2.63. The molecule has 122 valence electrons. The van der Waals surface area contributed by atoms with Crippen LogP contribution in [0.3, 0.4) is 0 Å². The van der Waals surface area contributed by atoms with E-state index in [1.807, 2.05) is 6.92 Å². The zero-order chi connectivity index (χ0) is 15.9. The number of β-lactam (4-membered cyclic amide) rings is 1. The Balaban J connectivity index is 1.92. The smallest absolute Gasteiger partial charge is 0.230 e. The summed E-state index contributed by atoms with van der Waals surface area (Å²) < 4.78 is 0.722. The summed E-state index contributed by atoms with van der Waals surface area (Å²) in [6.07, 6.45) is 3.84. The van der Waals surface area contributed by atoms with E-state index in [0.717, 1.165) is 36.0 Å². The molecule has 3 rings (SSSR count). The fraction of sp³-hybridized carbons (Fsp3) is 0.733. The van der Waals surface area contributed by atoms with Crippen molar-refractivity contribution in [2.75, 3.05) is 25.4 Å². The van der Waals surface area contributed by atoms with Gasteiger partial charge >= 0.3 is 0 Å². The topological polar surface area (TPSA) is 86.5 Å². The maximum Gasteiger partial charge on any atom is 0.230 e. The van der Waals surface area contributed by atoms with Crippen molar-refractivity contribution in [1.82, 2.24) is 4.90 Å². The number of rotatable bonds is 4. The van der Waals surface area contributed by atoms with E-state index >= 15 is 0 Å². The number of nitrogens with two attached hydrogens (primary N) is 1. The molecule has 3 heterocycles. The lowest BCUT2D eigenvalue weighted by molar-refractivity contribution is -0.949. The molecule has 2 unspecified atom stereocenters. The molecule has 0 saturated carbocycles. The van der Waals surface area contributed by atoms with Gasteiger partial charge < -0.3 is 14.4 Å². The molecule has 1 amide bonds. The van der Waals surface area contributed by atoms with Crippen LogP contribution in [0.15, 0.2) is 11.3 Å². The molecule has 2 N–H and O–H groups in total. The second-order valence-electron chi connectivity index (χ2n) is 6.60. The van der Waals surface area contributed by atoms with E-state index in [-0.39, 0.29) is 23.1 Å². The number of aliphatic carboxylic acids is 1. The van der Waals surface area contributed by atoms with Crippen molar-refractivity contribution in [1.29, 1.82) is 0 Å². The monoisotopic (exact) mass is 325 g/mol. The fourth-order valence-electron chi connectivity index (χ4n) is 3.82. The second-order valence-corrected chi connectivity index (χ2v) is 7.76. The molecule has 7 heteroatoms. The highest BCUT2D eigenvalue weighted by Gasteiger charge is 2.45. The fourth-order valence-corrected chi connectivity index (χ4v) is 5.07. The second kappa shape index (κ2) is 5.86. The van der Waals surface area contributed by atoms with E-state index in [0.29, 0.717) is 18.7 Å². The maximum absolute atomic E-state index is 11.8. The first-order valence-electron chi connectivity index (χ1n) is 7.93. The van der Waals surface area contributed by atoms with Crippen LogP contribution in [-0.4, -0.2) is 58.2 Å². The van der Waals surface area contributed by atoms with Gasteiger partial charge in [-0.3, -0.25) is 15.4 Å². The number of carbonyl (C=O) groups is 2. The lowest BCUT2D eigenvalue weighted by Gasteiger charge is -2.49. The van der Waals surface area contributed by atoms with Crippen molar-refractivity contribution in [2.45, 2.75) is 44.1 Å². The molecule has 2 fully saturated rings. The van der Waals surface area contributed by atoms with Crippen LogP contribution in [0.2, 0.25) is 0 Å². The molecule has 0 aromatic rings. The predicted octanol–water partition coefficient (Wildman–Crippen LogP) is -0.399. The van der Waals surface area contributed by atoms with Crippen LogP contribution < -0.4 is 10.8 Å². The van der Waals surface area contributed by atoms with Gasteiger partial charge in [0.2, 0.25) is 5.91 Å². The Bertz CT molecular complexity index is 526. The molecule has 2 atom stereocenters. The van der Waals surface area contributed by atoms with Gasteiger partial charge in [0.1, 0.15) is 12.7 Å². The van der Waals surface area contributed by atoms with E-state index in [2.05, 4.69) is 0 Å². The number of fused-ring (bicyclic) bond motifs is 1. The summed E-state index contributed by atoms with van der Waals surface area (Å²) in [5.41, 5.74) is 7.17. The molecule has 22 heavy (non-hydrogen) atoms. The summed E-state index contributed by atoms with van der Waals surface area (Å²) in [7, 11) is 0.